The Morgan fingerprint density at radius 2 is 2.08 bits per heavy atom. The molecule has 12 heavy (non-hydrogen) atoms. The van der Waals surface area contributed by atoms with E-state index in [0.717, 1.165) is 13.2 Å². The fourth-order valence-electron chi connectivity index (χ4n) is 0.727. The summed E-state index contributed by atoms with van der Waals surface area (Å²) in [7, 11) is 0. The van der Waals surface area contributed by atoms with E-state index in [2.05, 4.69) is 39.6 Å². The van der Waals surface area contributed by atoms with Gasteiger partial charge >= 0.3 is 0 Å². The van der Waals surface area contributed by atoms with Crippen LogP contribution in [0.2, 0.25) is 0 Å². The van der Waals surface area contributed by atoms with Crippen LogP contribution >= 0.6 is 0 Å². The second-order valence-corrected chi connectivity index (χ2v) is 3.94. The van der Waals surface area contributed by atoms with Crippen LogP contribution in [0.5, 0.6) is 0 Å². The highest BCUT2D eigenvalue weighted by atomic mass is 16.5. The fraction of sp³-hybridized carbons (Fsp3) is 0.800. The number of hydrogen-bond donors (Lipinski definition) is 1. The standard InChI is InChI=1S/C10H21NO/c1-6-9(2)11-7-8-12-10(3,4)5/h6,9,11H,1,7-8H2,2-5H3. The number of hydrogen-bond acceptors (Lipinski definition) is 2. The molecule has 0 heterocycles. The van der Waals surface area contributed by atoms with E-state index >= 15 is 0 Å². The minimum Gasteiger partial charge on any atom is -0.375 e. The van der Waals surface area contributed by atoms with Gasteiger partial charge in [-0.25, -0.2) is 0 Å². The summed E-state index contributed by atoms with van der Waals surface area (Å²) in [5, 5.41) is 3.26. The van der Waals surface area contributed by atoms with Crippen molar-refractivity contribution >= 4 is 0 Å². The molecular formula is C10H21NO. The molecule has 0 amide bonds. The van der Waals surface area contributed by atoms with Crippen LogP contribution in [0.4, 0.5) is 0 Å². The number of nitrogens with one attached hydrogen (secondary N) is 1. The van der Waals surface area contributed by atoms with Crippen molar-refractivity contribution in [2.24, 2.45) is 0 Å². The summed E-state index contributed by atoms with van der Waals surface area (Å²) in [5.74, 6) is 0. The first kappa shape index (κ1) is 11.7. The molecule has 0 radical (unpaired) electrons. The molecule has 1 N–H and O–H groups in total. The van der Waals surface area contributed by atoms with Crippen molar-refractivity contribution in [3.63, 3.8) is 0 Å². The van der Waals surface area contributed by atoms with Gasteiger partial charge in [0, 0.05) is 12.6 Å². The summed E-state index contributed by atoms with van der Waals surface area (Å²) in [6, 6.07) is 0.369. The molecule has 0 aromatic rings. The van der Waals surface area contributed by atoms with Gasteiger partial charge in [-0.3, -0.25) is 0 Å². The van der Waals surface area contributed by atoms with E-state index < -0.39 is 0 Å². The average Bonchev–Trinajstić information content (AvgIpc) is 1.96. The molecule has 0 aliphatic rings. The van der Waals surface area contributed by atoms with Gasteiger partial charge in [0.05, 0.1) is 12.2 Å². The molecule has 2 heteroatoms. The van der Waals surface area contributed by atoms with Crippen molar-refractivity contribution in [1.82, 2.24) is 5.32 Å². The molecule has 2 nitrogen and oxygen atoms in total. The van der Waals surface area contributed by atoms with Gasteiger partial charge in [-0.05, 0) is 27.7 Å². The largest absolute Gasteiger partial charge is 0.375 e. The minimum absolute atomic E-state index is 0.0287. The van der Waals surface area contributed by atoms with E-state index in [9.17, 15) is 0 Å². The number of ether oxygens (including phenoxy) is 1. The van der Waals surface area contributed by atoms with E-state index in [1.54, 1.807) is 0 Å². The summed E-state index contributed by atoms with van der Waals surface area (Å²) in [6.45, 7) is 13.6. The third kappa shape index (κ3) is 7.76. The molecule has 1 unspecified atom stereocenters. The molecule has 0 saturated heterocycles. The second-order valence-electron chi connectivity index (χ2n) is 3.94. The molecule has 0 spiro atoms. The first-order chi connectivity index (χ1) is 5.45. The van der Waals surface area contributed by atoms with Crippen molar-refractivity contribution in [2.75, 3.05) is 13.2 Å². The minimum atomic E-state index is -0.0287. The molecule has 0 fully saturated rings. The lowest BCUT2D eigenvalue weighted by molar-refractivity contribution is -0.00112. The molecule has 0 saturated carbocycles. The third-order valence-electron chi connectivity index (χ3n) is 1.46. The topological polar surface area (TPSA) is 21.3 Å². The van der Waals surface area contributed by atoms with E-state index in [4.69, 9.17) is 4.74 Å². The van der Waals surface area contributed by atoms with Gasteiger partial charge in [0.15, 0.2) is 0 Å². The molecule has 72 valence electrons. The van der Waals surface area contributed by atoms with Crippen molar-refractivity contribution in [2.45, 2.75) is 39.3 Å². The van der Waals surface area contributed by atoms with Crippen molar-refractivity contribution in [3.8, 4) is 0 Å². The molecule has 0 aromatic heterocycles. The van der Waals surface area contributed by atoms with Crippen molar-refractivity contribution in [3.05, 3.63) is 12.7 Å². The van der Waals surface area contributed by atoms with E-state index in [1.165, 1.54) is 0 Å². The Morgan fingerprint density at radius 1 is 1.50 bits per heavy atom. The molecule has 0 aliphatic carbocycles. The Bertz CT molecular complexity index is 126. The van der Waals surface area contributed by atoms with Gasteiger partial charge in [0.1, 0.15) is 0 Å². The van der Waals surface area contributed by atoms with E-state index in [-0.39, 0.29) is 5.60 Å². The third-order valence-corrected chi connectivity index (χ3v) is 1.46. The first-order valence-electron chi connectivity index (χ1n) is 4.45. The van der Waals surface area contributed by atoms with E-state index in [0.29, 0.717) is 6.04 Å². The molecule has 0 aliphatic heterocycles. The molecule has 0 aromatic carbocycles. The Balaban J connectivity index is 3.27. The number of rotatable bonds is 5. The summed E-state index contributed by atoms with van der Waals surface area (Å²) < 4.78 is 5.53. The Morgan fingerprint density at radius 3 is 2.50 bits per heavy atom. The fourth-order valence-corrected chi connectivity index (χ4v) is 0.727. The highest BCUT2D eigenvalue weighted by Gasteiger charge is 2.08. The summed E-state index contributed by atoms with van der Waals surface area (Å²) in [6.07, 6.45) is 1.89. The molecule has 0 rings (SSSR count). The van der Waals surface area contributed by atoms with Crippen LogP contribution in [0, 0.1) is 0 Å². The summed E-state index contributed by atoms with van der Waals surface area (Å²) in [5.41, 5.74) is -0.0287. The lowest BCUT2D eigenvalue weighted by Crippen LogP contribution is -2.30. The smallest absolute Gasteiger partial charge is 0.0599 e. The van der Waals surface area contributed by atoms with Gasteiger partial charge < -0.3 is 10.1 Å². The predicted octanol–water partition coefficient (Wildman–Crippen LogP) is 1.97. The van der Waals surface area contributed by atoms with Crippen LogP contribution in [-0.4, -0.2) is 24.8 Å². The Hall–Kier alpha value is -0.340. The zero-order valence-electron chi connectivity index (χ0n) is 8.68. The molecule has 0 bridgehead atoms. The lowest BCUT2D eigenvalue weighted by Gasteiger charge is -2.20. The quantitative estimate of drug-likeness (QED) is 0.504. The zero-order valence-corrected chi connectivity index (χ0v) is 8.68. The van der Waals surface area contributed by atoms with Crippen molar-refractivity contribution in [1.29, 1.82) is 0 Å². The van der Waals surface area contributed by atoms with Crippen LogP contribution in [0.3, 0.4) is 0 Å². The molecular weight excluding hydrogens is 150 g/mol. The van der Waals surface area contributed by atoms with Gasteiger partial charge in [0.25, 0.3) is 0 Å². The van der Waals surface area contributed by atoms with Gasteiger partial charge in [-0.1, -0.05) is 6.08 Å². The van der Waals surface area contributed by atoms with E-state index in [1.807, 2.05) is 6.08 Å². The predicted molar refractivity (Wildman–Crippen MR) is 53.4 cm³/mol. The van der Waals surface area contributed by atoms with Crippen LogP contribution in [-0.2, 0) is 4.74 Å². The summed E-state index contributed by atoms with van der Waals surface area (Å²) >= 11 is 0. The summed E-state index contributed by atoms with van der Waals surface area (Å²) in [4.78, 5) is 0. The lowest BCUT2D eigenvalue weighted by atomic mass is 10.2. The van der Waals surface area contributed by atoms with Gasteiger partial charge in [0.2, 0.25) is 0 Å². The first-order valence-corrected chi connectivity index (χ1v) is 4.45. The second kappa shape index (κ2) is 5.33. The van der Waals surface area contributed by atoms with Crippen LogP contribution in [0.1, 0.15) is 27.7 Å². The van der Waals surface area contributed by atoms with Crippen LogP contribution in [0.15, 0.2) is 12.7 Å². The zero-order chi connectivity index (χ0) is 9.61. The van der Waals surface area contributed by atoms with Gasteiger partial charge in [-0.15, -0.1) is 6.58 Å². The maximum atomic E-state index is 5.53. The Labute approximate surface area is 76.0 Å². The average molecular weight is 171 g/mol. The van der Waals surface area contributed by atoms with Crippen LogP contribution in [0.25, 0.3) is 0 Å². The van der Waals surface area contributed by atoms with Gasteiger partial charge in [-0.2, -0.15) is 0 Å². The van der Waals surface area contributed by atoms with Crippen molar-refractivity contribution < 1.29 is 4.74 Å². The maximum Gasteiger partial charge on any atom is 0.0599 e. The molecule has 1 atom stereocenters. The Kier molecular flexibility index (Phi) is 5.18. The van der Waals surface area contributed by atoms with Crippen LogP contribution < -0.4 is 5.32 Å². The normalized spacial score (nSPS) is 14.3. The highest BCUT2D eigenvalue weighted by molar-refractivity contribution is 4.80. The SMILES string of the molecule is C=CC(C)NCCOC(C)(C)C. The highest BCUT2D eigenvalue weighted by Crippen LogP contribution is 2.05. The maximum absolute atomic E-state index is 5.53. The monoisotopic (exact) mass is 171 g/mol.